The van der Waals surface area contributed by atoms with Crippen LogP contribution >= 0.6 is 23.2 Å². The van der Waals surface area contributed by atoms with Crippen LogP contribution in [-0.4, -0.2) is 86.9 Å². The molecule has 1 aliphatic carbocycles. The summed E-state index contributed by atoms with van der Waals surface area (Å²) >= 11 is 12.8. The van der Waals surface area contributed by atoms with E-state index in [1.54, 1.807) is 35.9 Å². The van der Waals surface area contributed by atoms with Crippen LogP contribution in [0.4, 0.5) is 15.8 Å². The van der Waals surface area contributed by atoms with Crippen LogP contribution in [0.25, 0.3) is 11.0 Å². The van der Waals surface area contributed by atoms with Gasteiger partial charge in [0.05, 0.1) is 22.1 Å². The Hall–Kier alpha value is -5.38. The zero-order valence-electron chi connectivity index (χ0n) is 36.8. The van der Waals surface area contributed by atoms with Crippen LogP contribution in [0.15, 0.2) is 83.7 Å². The first kappa shape index (κ1) is 44.5. The van der Waals surface area contributed by atoms with Crippen LogP contribution in [0.2, 0.25) is 10.0 Å². The van der Waals surface area contributed by atoms with E-state index in [0.717, 1.165) is 88.0 Å². The Balaban J connectivity index is 0.775. The van der Waals surface area contributed by atoms with Crippen LogP contribution in [0.1, 0.15) is 85.6 Å². The first-order chi connectivity index (χ1) is 31.9. The van der Waals surface area contributed by atoms with E-state index in [1.807, 2.05) is 48.5 Å². The Bertz CT molecular complexity index is 2820. The van der Waals surface area contributed by atoms with Crippen LogP contribution in [0, 0.1) is 5.82 Å². The maximum atomic E-state index is 16.3. The molecule has 344 valence electrons. The highest BCUT2D eigenvalue weighted by Gasteiger charge is 2.72. The quantitative estimate of drug-likeness (QED) is 0.112. The van der Waals surface area contributed by atoms with Crippen molar-refractivity contribution in [1.29, 1.82) is 0 Å². The molecule has 5 heterocycles. The summed E-state index contributed by atoms with van der Waals surface area (Å²) in [6.45, 7) is 5.44. The third-order valence-corrected chi connectivity index (χ3v) is 15.5. The SMILES string of the molecule is Cn1c(=O)n(C2CCC(=O)NC2=O)c2ccc(CCCN3CCN(Cc4ccc(NC(=O)[C@@H]5NC6(CCCCC6)[C@@]6(C(=O)Nc7cc(Cl)ccc76)[C@H]5c5cccc(Cl)c5F)cc4)CC3)cc21. The molecule has 1 unspecified atom stereocenters. The smallest absolute Gasteiger partial charge is 0.325 e. The molecule has 1 saturated carbocycles. The van der Waals surface area contributed by atoms with Crippen molar-refractivity contribution in [2.24, 2.45) is 7.05 Å². The average molecular weight is 936 g/mol. The molecule has 5 aromatic rings. The van der Waals surface area contributed by atoms with Gasteiger partial charge in [-0.3, -0.25) is 43.8 Å². The van der Waals surface area contributed by atoms with E-state index in [-0.39, 0.29) is 40.4 Å². The number of piperazine rings is 1. The number of benzene rings is 4. The molecule has 4 aromatic carbocycles. The molecule has 4 fully saturated rings. The van der Waals surface area contributed by atoms with Crippen molar-refractivity contribution in [1.82, 2.24) is 29.6 Å². The van der Waals surface area contributed by atoms with E-state index >= 15 is 4.39 Å². The molecule has 4 N–H and O–H groups in total. The minimum absolute atomic E-state index is 0.0680. The van der Waals surface area contributed by atoms with Crippen molar-refractivity contribution in [3.8, 4) is 0 Å². The van der Waals surface area contributed by atoms with E-state index in [9.17, 15) is 24.0 Å². The van der Waals surface area contributed by atoms with Gasteiger partial charge in [-0.2, -0.15) is 0 Å². The molecule has 0 bridgehead atoms. The molecule has 1 aromatic heterocycles. The van der Waals surface area contributed by atoms with Crippen LogP contribution in [0.3, 0.4) is 0 Å². The van der Waals surface area contributed by atoms with E-state index in [0.29, 0.717) is 46.7 Å². The average Bonchev–Trinajstić information content (AvgIpc) is 3.86. The molecule has 4 atom stereocenters. The lowest BCUT2D eigenvalue weighted by atomic mass is 9.55. The Morgan fingerprint density at radius 2 is 1.59 bits per heavy atom. The van der Waals surface area contributed by atoms with Crippen molar-refractivity contribution in [2.75, 3.05) is 43.4 Å². The number of hydrogen-bond acceptors (Lipinski definition) is 8. The second-order valence-corrected chi connectivity index (χ2v) is 19.6. The first-order valence-corrected chi connectivity index (χ1v) is 23.8. The number of hydrogen-bond donors (Lipinski definition) is 4. The molecule has 3 saturated heterocycles. The minimum atomic E-state index is -1.30. The van der Waals surface area contributed by atoms with Crippen LogP contribution in [-0.2, 0) is 44.6 Å². The zero-order chi connectivity index (χ0) is 45.9. The van der Waals surface area contributed by atoms with Gasteiger partial charge in [0.15, 0.2) is 0 Å². The predicted octanol–water partition coefficient (Wildman–Crippen LogP) is 6.80. The second kappa shape index (κ2) is 17.7. The summed E-state index contributed by atoms with van der Waals surface area (Å²) in [5, 5.41) is 12.7. The van der Waals surface area contributed by atoms with Gasteiger partial charge >= 0.3 is 5.69 Å². The van der Waals surface area contributed by atoms with Gasteiger partial charge in [-0.25, -0.2) is 9.18 Å². The first-order valence-electron chi connectivity index (χ1n) is 23.1. The van der Waals surface area contributed by atoms with Crippen molar-refractivity contribution < 1.29 is 23.6 Å². The lowest BCUT2D eigenvalue weighted by molar-refractivity contribution is -0.135. The Morgan fingerprint density at radius 1 is 0.848 bits per heavy atom. The topological polar surface area (TPSA) is 150 Å². The van der Waals surface area contributed by atoms with Gasteiger partial charge in [0.1, 0.15) is 17.3 Å². The third-order valence-electron chi connectivity index (χ3n) is 15.0. The largest absolute Gasteiger partial charge is 0.329 e. The second-order valence-electron chi connectivity index (χ2n) is 18.7. The number of aryl methyl sites for hydroxylation is 2. The van der Waals surface area contributed by atoms with Gasteiger partial charge in [-0.1, -0.05) is 78.9 Å². The summed E-state index contributed by atoms with van der Waals surface area (Å²) in [7, 11) is 1.72. The molecular formula is C50H53Cl2FN8O5. The van der Waals surface area contributed by atoms with E-state index < -0.39 is 40.7 Å². The molecule has 0 radical (unpaired) electrons. The molecule has 4 amide bonds. The van der Waals surface area contributed by atoms with Gasteiger partial charge in [0.2, 0.25) is 23.6 Å². The number of aromatic nitrogens is 2. The monoisotopic (exact) mass is 934 g/mol. The lowest BCUT2D eigenvalue weighted by Gasteiger charge is -2.47. The lowest BCUT2D eigenvalue weighted by Crippen LogP contribution is -2.60. The maximum Gasteiger partial charge on any atom is 0.329 e. The Kier molecular flexibility index (Phi) is 11.9. The number of imide groups is 1. The van der Waals surface area contributed by atoms with Gasteiger partial charge in [-0.05, 0) is 103 Å². The van der Waals surface area contributed by atoms with Gasteiger partial charge in [0, 0.05) is 74.0 Å². The van der Waals surface area contributed by atoms with Crippen LogP contribution < -0.4 is 27.0 Å². The molecule has 66 heavy (non-hydrogen) atoms. The number of imidazole rings is 1. The van der Waals surface area contributed by atoms with Crippen LogP contribution in [0.5, 0.6) is 0 Å². The highest BCUT2D eigenvalue weighted by molar-refractivity contribution is 6.31. The number of carbonyl (C=O) groups is 4. The number of carbonyl (C=O) groups excluding carboxylic acids is 4. The minimum Gasteiger partial charge on any atom is -0.325 e. The molecular weight excluding hydrogens is 883 g/mol. The zero-order valence-corrected chi connectivity index (χ0v) is 38.3. The number of nitrogens with one attached hydrogen (secondary N) is 4. The van der Waals surface area contributed by atoms with Gasteiger partial charge < -0.3 is 15.5 Å². The van der Waals surface area contributed by atoms with E-state index in [1.165, 1.54) is 10.6 Å². The van der Waals surface area contributed by atoms with Crippen molar-refractivity contribution in [2.45, 2.75) is 93.3 Å². The normalized spacial score (nSPS) is 24.2. The molecule has 10 rings (SSSR count). The number of fused-ring (bicyclic) bond motifs is 4. The standard InChI is InChI=1S/C50H53Cl2FN8O5/c1-58-40-27-30(12-17-38(40)61(48(58)66)39-18-19-41(62)56-45(39)63)7-6-22-59-23-25-60(26-24-59)29-31-10-14-33(15-11-31)54-46(64)44-42(34-8-5-9-36(52)43(34)53)50(49(57-44)20-3-2-4-21-49)35-16-13-32(51)28-37(35)55-47(50)65/h5,8-17,27-28,39,42,44,57H,2-4,6-7,18-26,29H2,1H3,(H,54,64)(H,55,65)(H,56,62,63)/t39?,42-,44+,50+/m0/s1. The summed E-state index contributed by atoms with van der Waals surface area (Å²) in [5.74, 6) is -2.92. The van der Waals surface area contributed by atoms with E-state index in [4.69, 9.17) is 23.2 Å². The number of anilines is 2. The summed E-state index contributed by atoms with van der Waals surface area (Å²) in [4.78, 5) is 71.7. The molecule has 2 spiro atoms. The van der Waals surface area contributed by atoms with Crippen molar-refractivity contribution in [3.63, 3.8) is 0 Å². The Morgan fingerprint density at radius 3 is 2.35 bits per heavy atom. The Labute approximate surface area is 392 Å². The fourth-order valence-corrected chi connectivity index (χ4v) is 12.2. The predicted molar refractivity (Wildman–Crippen MR) is 252 cm³/mol. The fraction of sp³-hybridized carbons (Fsp3) is 0.420. The number of rotatable bonds is 10. The highest BCUT2D eigenvalue weighted by Crippen LogP contribution is 2.63. The number of nitrogens with zero attached hydrogens (tertiary/aromatic N) is 4. The number of amides is 4. The molecule has 5 aliphatic rings. The molecule has 16 heteroatoms. The highest BCUT2D eigenvalue weighted by atomic mass is 35.5. The van der Waals surface area contributed by atoms with E-state index in [2.05, 4.69) is 31.1 Å². The fourth-order valence-electron chi connectivity index (χ4n) is 11.9. The summed E-state index contributed by atoms with van der Waals surface area (Å²) in [6, 6.07) is 22.3. The summed E-state index contributed by atoms with van der Waals surface area (Å²) in [6.07, 6.45) is 6.32. The van der Waals surface area contributed by atoms with Crippen molar-refractivity contribution in [3.05, 3.63) is 127 Å². The number of piperidine rings is 1. The van der Waals surface area contributed by atoms with Crippen molar-refractivity contribution >= 4 is 69.2 Å². The van der Waals surface area contributed by atoms with Gasteiger partial charge in [0.25, 0.3) is 0 Å². The number of halogens is 3. The van der Waals surface area contributed by atoms with Gasteiger partial charge in [-0.15, -0.1) is 0 Å². The summed E-state index contributed by atoms with van der Waals surface area (Å²) in [5.41, 5.74) is 3.43. The molecule has 13 nitrogen and oxygen atoms in total. The third kappa shape index (κ3) is 7.64. The summed E-state index contributed by atoms with van der Waals surface area (Å²) < 4.78 is 19.4. The maximum absolute atomic E-state index is 16.3. The molecule has 4 aliphatic heterocycles.